The number of aromatic nitrogens is 2. The molecule has 0 spiro atoms. The zero-order chi connectivity index (χ0) is 15.7. The first kappa shape index (κ1) is 15.4. The molecule has 0 bridgehead atoms. The molecule has 0 amide bonds. The zero-order valence-corrected chi connectivity index (χ0v) is 12.3. The lowest BCUT2D eigenvalue weighted by Gasteiger charge is -2.20. The zero-order valence-electron chi connectivity index (χ0n) is 11.6. The summed E-state index contributed by atoms with van der Waals surface area (Å²) in [6.07, 6.45) is 2.68. The van der Waals surface area contributed by atoms with Gasteiger partial charge in [0.2, 0.25) is 5.43 Å². The topological polar surface area (TPSA) is 72.2 Å². The third kappa shape index (κ3) is 2.63. The Hall–Kier alpha value is -1.95. The first-order valence-corrected chi connectivity index (χ1v) is 6.92. The highest BCUT2D eigenvalue weighted by molar-refractivity contribution is 6.29. The lowest BCUT2D eigenvalue weighted by Crippen LogP contribution is -2.22. The van der Waals surface area contributed by atoms with Gasteiger partial charge in [-0.05, 0) is 18.9 Å². The Kier molecular flexibility index (Phi) is 4.27. The smallest absolute Gasteiger partial charge is 0.341 e. The molecule has 2 aromatic heterocycles. The van der Waals surface area contributed by atoms with Crippen LogP contribution in [0.4, 0.5) is 4.39 Å². The molecule has 0 aliphatic rings. The van der Waals surface area contributed by atoms with Crippen LogP contribution < -0.4 is 5.43 Å². The molecule has 5 nitrogen and oxygen atoms in total. The molecule has 2 heterocycles. The fraction of sp³-hybridized carbons (Fsp3) is 0.357. The lowest BCUT2D eigenvalue weighted by atomic mass is 10.1. The fourth-order valence-corrected chi connectivity index (χ4v) is 2.47. The van der Waals surface area contributed by atoms with Crippen molar-refractivity contribution >= 4 is 28.6 Å². The number of nitrogens with zero attached hydrogens (tertiary/aromatic N) is 2. The second-order valence-electron chi connectivity index (χ2n) is 4.69. The van der Waals surface area contributed by atoms with E-state index >= 15 is 0 Å². The Morgan fingerprint density at radius 3 is 2.62 bits per heavy atom. The summed E-state index contributed by atoms with van der Waals surface area (Å²) >= 11 is 5.69. The third-order valence-electron chi connectivity index (χ3n) is 3.48. The van der Waals surface area contributed by atoms with E-state index < -0.39 is 22.8 Å². The molecule has 0 radical (unpaired) electrons. The molecule has 1 N–H and O–H groups in total. The summed E-state index contributed by atoms with van der Waals surface area (Å²) in [5.74, 6) is -2.20. The summed E-state index contributed by atoms with van der Waals surface area (Å²) in [4.78, 5) is 27.3. The van der Waals surface area contributed by atoms with Gasteiger partial charge < -0.3 is 9.67 Å². The van der Waals surface area contributed by atoms with Gasteiger partial charge in [0, 0.05) is 12.2 Å². The number of fused-ring (bicyclic) bond motifs is 1. The number of rotatable bonds is 4. The highest BCUT2D eigenvalue weighted by atomic mass is 35.5. The number of halogens is 2. The molecule has 7 heteroatoms. The number of aromatic carboxylic acids is 1. The monoisotopic (exact) mass is 312 g/mol. The van der Waals surface area contributed by atoms with Crippen LogP contribution in [-0.4, -0.2) is 20.6 Å². The van der Waals surface area contributed by atoms with Gasteiger partial charge in [0.25, 0.3) is 0 Å². The molecule has 2 rings (SSSR count). The van der Waals surface area contributed by atoms with Gasteiger partial charge >= 0.3 is 5.97 Å². The minimum atomic E-state index is -1.35. The molecule has 2 aromatic rings. The van der Waals surface area contributed by atoms with Crippen LogP contribution in [0.5, 0.6) is 0 Å². The molecule has 0 aliphatic heterocycles. The van der Waals surface area contributed by atoms with Crippen LogP contribution in [0, 0.1) is 5.82 Å². The molecule has 0 saturated heterocycles. The van der Waals surface area contributed by atoms with E-state index in [4.69, 9.17) is 16.7 Å². The van der Waals surface area contributed by atoms with Crippen molar-refractivity contribution in [2.24, 2.45) is 0 Å². The molecule has 0 saturated carbocycles. The number of hydrogen-bond acceptors (Lipinski definition) is 3. The van der Waals surface area contributed by atoms with E-state index in [9.17, 15) is 14.0 Å². The average Bonchev–Trinajstić information content (AvgIpc) is 2.44. The Morgan fingerprint density at radius 1 is 1.48 bits per heavy atom. The van der Waals surface area contributed by atoms with Gasteiger partial charge in [-0.3, -0.25) is 4.79 Å². The van der Waals surface area contributed by atoms with E-state index in [1.54, 1.807) is 4.57 Å². The van der Waals surface area contributed by atoms with E-state index in [0.29, 0.717) is 12.8 Å². The van der Waals surface area contributed by atoms with Crippen LogP contribution in [0.15, 0.2) is 17.1 Å². The molecular formula is C14H14ClFN2O3. The van der Waals surface area contributed by atoms with Crippen LogP contribution in [0.25, 0.3) is 11.0 Å². The molecular weight excluding hydrogens is 299 g/mol. The summed E-state index contributed by atoms with van der Waals surface area (Å²) in [5.41, 5.74) is -0.967. The molecule has 0 atom stereocenters. The predicted molar refractivity (Wildman–Crippen MR) is 77.5 cm³/mol. The SMILES string of the molecule is CCC(CC)n1cc(C(=O)O)c(=O)c2cc(F)c(Cl)nc21. The maximum atomic E-state index is 13.6. The van der Waals surface area contributed by atoms with Crippen molar-refractivity contribution in [3.05, 3.63) is 39.0 Å². The molecule has 0 aromatic carbocycles. The van der Waals surface area contributed by atoms with E-state index in [2.05, 4.69) is 4.98 Å². The molecule has 0 aliphatic carbocycles. The van der Waals surface area contributed by atoms with Crippen molar-refractivity contribution in [2.45, 2.75) is 32.7 Å². The second-order valence-corrected chi connectivity index (χ2v) is 5.04. The number of hydrogen-bond donors (Lipinski definition) is 1. The summed E-state index contributed by atoms with van der Waals surface area (Å²) < 4.78 is 15.2. The van der Waals surface area contributed by atoms with Crippen LogP contribution in [0.3, 0.4) is 0 Å². The van der Waals surface area contributed by atoms with Gasteiger partial charge in [0.15, 0.2) is 11.0 Å². The summed E-state index contributed by atoms with van der Waals surface area (Å²) in [6.45, 7) is 3.87. The first-order valence-electron chi connectivity index (χ1n) is 6.54. The van der Waals surface area contributed by atoms with Crippen LogP contribution in [-0.2, 0) is 0 Å². The van der Waals surface area contributed by atoms with Gasteiger partial charge in [-0.1, -0.05) is 25.4 Å². The Labute approximate surface area is 125 Å². The van der Waals surface area contributed by atoms with Crippen LogP contribution in [0.1, 0.15) is 43.1 Å². The number of carboxylic acids is 1. The van der Waals surface area contributed by atoms with E-state index in [1.807, 2.05) is 13.8 Å². The van der Waals surface area contributed by atoms with E-state index in [-0.39, 0.29) is 22.2 Å². The molecule has 0 fully saturated rings. The summed E-state index contributed by atoms with van der Waals surface area (Å²) in [6, 6.07) is 0.887. The number of carbonyl (C=O) groups is 1. The highest BCUT2D eigenvalue weighted by Gasteiger charge is 2.20. The van der Waals surface area contributed by atoms with Crippen molar-refractivity contribution < 1.29 is 14.3 Å². The van der Waals surface area contributed by atoms with Crippen molar-refractivity contribution in [1.29, 1.82) is 0 Å². The number of carboxylic acid groups (broad SMARTS) is 1. The lowest BCUT2D eigenvalue weighted by molar-refractivity contribution is 0.0694. The van der Waals surface area contributed by atoms with Gasteiger partial charge in [-0.25, -0.2) is 14.2 Å². The van der Waals surface area contributed by atoms with Crippen LogP contribution >= 0.6 is 11.6 Å². The Balaban J connectivity index is 2.95. The minimum absolute atomic E-state index is 0.0553. The van der Waals surface area contributed by atoms with E-state index in [1.165, 1.54) is 6.20 Å². The molecule has 21 heavy (non-hydrogen) atoms. The quantitative estimate of drug-likeness (QED) is 0.880. The summed E-state index contributed by atoms with van der Waals surface area (Å²) in [7, 11) is 0. The normalized spacial score (nSPS) is 11.3. The molecule has 0 unspecified atom stereocenters. The van der Waals surface area contributed by atoms with Crippen molar-refractivity contribution in [1.82, 2.24) is 9.55 Å². The first-order chi connectivity index (χ1) is 9.90. The van der Waals surface area contributed by atoms with Gasteiger partial charge in [-0.2, -0.15) is 0 Å². The highest BCUT2D eigenvalue weighted by Crippen LogP contribution is 2.23. The van der Waals surface area contributed by atoms with Gasteiger partial charge in [-0.15, -0.1) is 0 Å². The van der Waals surface area contributed by atoms with Crippen molar-refractivity contribution in [3.63, 3.8) is 0 Å². The predicted octanol–water partition coefficient (Wildman–Crippen LogP) is 3.25. The third-order valence-corrected chi connectivity index (χ3v) is 3.75. The largest absolute Gasteiger partial charge is 0.477 e. The van der Waals surface area contributed by atoms with Gasteiger partial charge in [0.1, 0.15) is 11.2 Å². The van der Waals surface area contributed by atoms with E-state index in [0.717, 1.165) is 6.07 Å². The molecule has 112 valence electrons. The fourth-order valence-electron chi connectivity index (χ4n) is 2.34. The van der Waals surface area contributed by atoms with Crippen molar-refractivity contribution in [2.75, 3.05) is 0 Å². The average molecular weight is 313 g/mol. The standard InChI is InChI=1S/C14H14ClFN2O3/c1-3-7(4-2)18-6-9(14(20)21)11(19)8-5-10(16)12(15)17-13(8)18/h5-7H,3-4H2,1-2H3,(H,20,21). The maximum absolute atomic E-state index is 13.6. The Bertz CT molecular complexity index is 769. The maximum Gasteiger partial charge on any atom is 0.341 e. The van der Waals surface area contributed by atoms with Gasteiger partial charge in [0.05, 0.1) is 5.39 Å². The number of pyridine rings is 2. The van der Waals surface area contributed by atoms with Crippen LogP contribution in [0.2, 0.25) is 5.15 Å². The minimum Gasteiger partial charge on any atom is -0.477 e. The summed E-state index contributed by atoms with van der Waals surface area (Å²) in [5, 5.41) is 8.72. The Morgan fingerprint density at radius 2 is 2.10 bits per heavy atom. The van der Waals surface area contributed by atoms with Crippen molar-refractivity contribution in [3.8, 4) is 0 Å². The second kappa shape index (κ2) is 5.81.